The van der Waals surface area contributed by atoms with Crippen LogP contribution in [-0.4, -0.2) is 44.3 Å². The molecular weight excluding hydrogens is 324 g/mol. The monoisotopic (exact) mass is 348 g/mol. The minimum atomic E-state index is 0.548. The second-order valence-corrected chi connectivity index (χ2v) is 7.38. The number of hydrogen-bond donors (Lipinski definition) is 1. The van der Waals surface area contributed by atoms with Crippen molar-refractivity contribution in [3.8, 4) is 0 Å². The highest BCUT2D eigenvalue weighted by atomic mass is 15.3. The molecule has 0 spiro atoms. The molecule has 4 heterocycles. The first-order chi connectivity index (χ1) is 12.9. The van der Waals surface area contributed by atoms with Crippen molar-refractivity contribution in [2.24, 2.45) is 0 Å². The van der Waals surface area contributed by atoms with Gasteiger partial charge in [-0.3, -0.25) is 9.88 Å². The lowest BCUT2D eigenvalue weighted by Crippen LogP contribution is -2.34. The minimum Gasteiger partial charge on any atom is -0.312 e. The molecule has 0 aliphatic carbocycles. The summed E-state index contributed by atoms with van der Waals surface area (Å²) in [6.45, 7) is 6.13. The summed E-state index contributed by atoms with van der Waals surface area (Å²) >= 11 is 0. The maximum Gasteiger partial charge on any atom is 0.147 e. The van der Waals surface area contributed by atoms with E-state index in [9.17, 15) is 0 Å². The van der Waals surface area contributed by atoms with Crippen molar-refractivity contribution in [1.82, 2.24) is 30.0 Å². The van der Waals surface area contributed by atoms with Gasteiger partial charge in [-0.15, -0.1) is 10.2 Å². The van der Waals surface area contributed by atoms with Crippen LogP contribution < -0.4 is 5.32 Å². The molecule has 1 aromatic carbocycles. The Balaban J connectivity index is 1.24. The van der Waals surface area contributed by atoms with Crippen LogP contribution >= 0.6 is 0 Å². The molecule has 6 heteroatoms. The fourth-order valence-electron chi connectivity index (χ4n) is 4.25. The number of aromatic nitrogens is 4. The van der Waals surface area contributed by atoms with Crippen LogP contribution in [0.5, 0.6) is 0 Å². The largest absolute Gasteiger partial charge is 0.312 e. The van der Waals surface area contributed by atoms with E-state index in [0.29, 0.717) is 5.92 Å². The Kier molecular flexibility index (Phi) is 4.15. The van der Waals surface area contributed by atoms with Crippen LogP contribution in [0.2, 0.25) is 0 Å². The Labute approximate surface area is 153 Å². The van der Waals surface area contributed by atoms with Gasteiger partial charge in [-0.05, 0) is 49.7 Å². The van der Waals surface area contributed by atoms with Gasteiger partial charge in [0, 0.05) is 37.1 Å². The number of fused-ring (bicyclic) bond motifs is 2. The smallest absolute Gasteiger partial charge is 0.147 e. The first-order valence-electron chi connectivity index (χ1n) is 9.55. The van der Waals surface area contributed by atoms with Gasteiger partial charge in [0.05, 0.1) is 12.1 Å². The van der Waals surface area contributed by atoms with E-state index < -0.39 is 0 Å². The van der Waals surface area contributed by atoms with Gasteiger partial charge in [0.1, 0.15) is 11.6 Å². The Bertz CT molecular complexity index is 910. The fraction of sp³-hybridized carbons (Fsp3) is 0.450. The highest BCUT2D eigenvalue weighted by Crippen LogP contribution is 2.28. The maximum atomic E-state index is 4.51. The molecular formula is C20H24N6. The van der Waals surface area contributed by atoms with Gasteiger partial charge in [-0.2, -0.15) is 0 Å². The molecule has 1 saturated heterocycles. The predicted octanol–water partition coefficient (Wildman–Crippen LogP) is 2.31. The van der Waals surface area contributed by atoms with E-state index in [0.717, 1.165) is 50.6 Å². The summed E-state index contributed by atoms with van der Waals surface area (Å²) in [7, 11) is 0. The Morgan fingerprint density at radius 2 is 2.00 bits per heavy atom. The summed E-state index contributed by atoms with van der Waals surface area (Å²) in [5, 5.41) is 13.5. The number of piperidine rings is 1. The van der Waals surface area contributed by atoms with E-state index in [1.165, 1.54) is 29.6 Å². The zero-order valence-corrected chi connectivity index (χ0v) is 14.9. The summed E-state index contributed by atoms with van der Waals surface area (Å²) in [6.07, 6.45) is 4.19. The molecule has 0 amide bonds. The molecule has 134 valence electrons. The van der Waals surface area contributed by atoms with Crippen LogP contribution in [0.15, 0.2) is 36.5 Å². The first kappa shape index (κ1) is 15.9. The van der Waals surface area contributed by atoms with E-state index >= 15 is 0 Å². The summed E-state index contributed by atoms with van der Waals surface area (Å²) in [4.78, 5) is 6.97. The van der Waals surface area contributed by atoms with Crippen LogP contribution in [0.1, 0.15) is 36.0 Å². The topological polar surface area (TPSA) is 58.9 Å². The molecule has 5 rings (SSSR count). The van der Waals surface area contributed by atoms with Crippen LogP contribution in [-0.2, 0) is 19.6 Å². The maximum absolute atomic E-state index is 4.51. The Morgan fingerprint density at radius 1 is 1.08 bits per heavy atom. The summed E-state index contributed by atoms with van der Waals surface area (Å²) < 4.78 is 2.34. The zero-order chi connectivity index (χ0) is 17.3. The second-order valence-electron chi connectivity index (χ2n) is 7.38. The molecule has 2 aliphatic heterocycles. The van der Waals surface area contributed by atoms with Crippen LogP contribution in [0, 0.1) is 0 Å². The number of hydrogen-bond acceptors (Lipinski definition) is 5. The molecule has 1 fully saturated rings. The van der Waals surface area contributed by atoms with Crippen LogP contribution in [0.25, 0.3) is 10.9 Å². The standard InChI is InChI=1S/C20H24N6/c1-2-17-12-15(3-4-18(17)22-7-1)14-25-9-5-16(6-10-25)20-24-23-19-13-21-8-11-26(19)20/h1-4,7,12,16,21H,5-6,8-11,13-14H2. The number of benzene rings is 1. The molecule has 0 atom stereocenters. The highest BCUT2D eigenvalue weighted by Gasteiger charge is 2.26. The summed E-state index contributed by atoms with van der Waals surface area (Å²) in [5.74, 6) is 2.85. The average molecular weight is 348 g/mol. The first-order valence-corrected chi connectivity index (χ1v) is 9.55. The third-order valence-electron chi connectivity index (χ3n) is 5.68. The van der Waals surface area contributed by atoms with Crippen LogP contribution in [0.3, 0.4) is 0 Å². The molecule has 2 aromatic heterocycles. The van der Waals surface area contributed by atoms with Gasteiger partial charge < -0.3 is 9.88 Å². The van der Waals surface area contributed by atoms with Crippen molar-refractivity contribution in [2.75, 3.05) is 19.6 Å². The average Bonchev–Trinajstić information content (AvgIpc) is 3.13. The fourth-order valence-corrected chi connectivity index (χ4v) is 4.25. The normalized spacial score (nSPS) is 18.9. The quantitative estimate of drug-likeness (QED) is 0.787. The number of nitrogens with one attached hydrogen (secondary N) is 1. The van der Waals surface area contributed by atoms with Crippen molar-refractivity contribution >= 4 is 10.9 Å². The molecule has 0 radical (unpaired) electrons. The van der Waals surface area contributed by atoms with E-state index in [2.05, 4.69) is 54.2 Å². The molecule has 6 nitrogen and oxygen atoms in total. The molecule has 0 unspecified atom stereocenters. The lowest BCUT2D eigenvalue weighted by Gasteiger charge is -2.32. The number of likely N-dealkylation sites (tertiary alicyclic amines) is 1. The molecule has 26 heavy (non-hydrogen) atoms. The number of rotatable bonds is 3. The number of pyridine rings is 1. The number of nitrogens with zero attached hydrogens (tertiary/aromatic N) is 5. The SMILES string of the molecule is c1cnc2ccc(CN3CCC(c4nnc5n4CCNC5)CC3)cc2c1. The third kappa shape index (κ3) is 2.99. The molecule has 3 aromatic rings. The van der Waals surface area contributed by atoms with Crippen molar-refractivity contribution in [2.45, 2.75) is 38.4 Å². The molecule has 0 bridgehead atoms. The van der Waals surface area contributed by atoms with Crippen molar-refractivity contribution < 1.29 is 0 Å². The van der Waals surface area contributed by atoms with Gasteiger partial charge in [0.15, 0.2) is 0 Å². The summed E-state index contributed by atoms with van der Waals surface area (Å²) in [6, 6.07) is 10.8. The van der Waals surface area contributed by atoms with E-state index in [1.807, 2.05) is 12.3 Å². The van der Waals surface area contributed by atoms with Crippen LogP contribution in [0.4, 0.5) is 0 Å². The van der Waals surface area contributed by atoms with Gasteiger partial charge in [-0.1, -0.05) is 12.1 Å². The third-order valence-corrected chi connectivity index (χ3v) is 5.68. The predicted molar refractivity (Wildman–Crippen MR) is 101 cm³/mol. The van der Waals surface area contributed by atoms with Gasteiger partial charge in [0.25, 0.3) is 0 Å². The molecule has 2 aliphatic rings. The second kappa shape index (κ2) is 6.78. The van der Waals surface area contributed by atoms with Gasteiger partial charge in [-0.25, -0.2) is 0 Å². The zero-order valence-electron chi connectivity index (χ0n) is 14.9. The lowest BCUT2D eigenvalue weighted by atomic mass is 9.95. The van der Waals surface area contributed by atoms with E-state index in [-0.39, 0.29) is 0 Å². The Hall–Kier alpha value is -2.31. The lowest BCUT2D eigenvalue weighted by molar-refractivity contribution is 0.199. The highest BCUT2D eigenvalue weighted by molar-refractivity contribution is 5.78. The minimum absolute atomic E-state index is 0.548. The van der Waals surface area contributed by atoms with Crippen molar-refractivity contribution in [1.29, 1.82) is 0 Å². The molecule has 1 N–H and O–H groups in total. The molecule has 0 saturated carbocycles. The Morgan fingerprint density at radius 3 is 2.92 bits per heavy atom. The van der Waals surface area contributed by atoms with Gasteiger partial charge in [0.2, 0.25) is 0 Å². The van der Waals surface area contributed by atoms with Gasteiger partial charge >= 0.3 is 0 Å². The van der Waals surface area contributed by atoms with Crippen molar-refractivity contribution in [3.05, 3.63) is 53.7 Å². The summed E-state index contributed by atoms with van der Waals surface area (Å²) in [5.41, 5.74) is 2.44. The van der Waals surface area contributed by atoms with E-state index in [1.54, 1.807) is 0 Å². The van der Waals surface area contributed by atoms with E-state index in [4.69, 9.17) is 0 Å². The van der Waals surface area contributed by atoms with Crippen molar-refractivity contribution in [3.63, 3.8) is 0 Å².